The molecule has 28 heavy (non-hydrogen) atoms. The molecule has 0 aliphatic carbocycles. The number of thiazole rings is 1. The molecule has 1 aliphatic rings. The minimum Gasteiger partial charge on any atom is -0.457 e. The van der Waals surface area contributed by atoms with E-state index in [4.69, 9.17) is 4.74 Å². The van der Waals surface area contributed by atoms with Crippen LogP contribution in [0.4, 0.5) is 5.69 Å². The van der Waals surface area contributed by atoms with Gasteiger partial charge in [-0.3, -0.25) is 14.4 Å². The second kappa shape index (κ2) is 7.65. The number of nitrogens with zero attached hydrogens (tertiary/aromatic N) is 1. The van der Waals surface area contributed by atoms with Gasteiger partial charge in [-0.1, -0.05) is 0 Å². The number of hydrogen-bond acceptors (Lipinski definition) is 7. The Balaban J connectivity index is 1.34. The summed E-state index contributed by atoms with van der Waals surface area (Å²) >= 11 is 3.06. The molecule has 0 spiro atoms. The molecule has 142 valence electrons. The molecule has 1 aliphatic heterocycles. The minimum atomic E-state index is -0.498. The van der Waals surface area contributed by atoms with Crippen LogP contribution in [0.5, 0.6) is 0 Å². The van der Waals surface area contributed by atoms with Crippen molar-refractivity contribution in [3.05, 3.63) is 57.2 Å². The Bertz CT molecular complexity index is 1060. The summed E-state index contributed by atoms with van der Waals surface area (Å²) in [7, 11) is 0. The third kappa shape index (κ3) is 3.74. The lowest BCUT2D eigenvalue weighted by Gasteiger charge is -2.06. The fourth-order valence-electron chi connectivity index (χ4n) is 2.93. The van der Waals surface area contributed by atoms with Gasteiger partial charge in [0.2, 0.25) is 5.91 Å². The van der Waals surface area contributed by atoms with Gasteiger partial charge in [-0.25, -0.2) is 4.98 Å². The Morgan fingerprint density at radius 2 is 2.11 bits per heavy atom. The van der Waals surface area contributed by atoms with Crippen LogP contribution in [0.3, 0.4) is 0 Å². The first-order chi connectivity index (χ1) is 13.5. The molecule has 8 heteroatoms. The van der Waals surface area contributed by atoms with Gasteiger partial charge >= 0.3 is 5.97 Å². The monoisotopic (exact) mass is 412 g/mol. The topological polar surface area (TPSA) is 85.4 Å². The lowest BCUT2D eigenvalue weighted by molar-refractivity contribution is -0.141. The summed E-state index contributed by atoms with van der Waals surface area (Å²) in [5.41, 5.74) is 3.58. The van der Waals surface area contributed by atoms with E-state index in [1.54, 1.807) is 36.5 Å². The quantitative estimate of drug-likeness (QED) is 0.490. The molecule has 3 heterocycles. The largest absolute Gasteiger partial charge is 0.457 e. The summed E-state index contributed by atoms with van der Waals surface area (Å²) in [5.74, 6) is -1.19. The van der Waals surface area contributed by atoms with Crippen molar-refractivity contribution in [1.82, 2.24) is 4.98 Å². The van der Waals surface area contributed by atoms with E-state index in [0.29, 0.717) is 11.3 Å². The molecule has 1 atom stereocenters. The molecule has 0 unspecified atom stereocenters. The van der Waals surface area contributed by atoms with Crippen LogP contribution in [-0.2, 0) is 20.7 Å². The minimum absolute atomic E-state index is 0.0214. The maximum Gasteiger partial charge on any atom is 0.312 e. The van der Waals surface area contributed by atoms with E-state index in [1.165, 1.54) is 11.3 Å². The van der Waals surface area contributed by atoms with Crippen LogP contribution in [0.1, 0.15) is 34.5 Å². The Morgan fingerprint density at radius 3 is 2.89 bits per heavy atom. The third-order valence-electron chi connectivity index (χ3n) is 4.50. The number of ketones is 1. The number of hydrogen-bond donors (Lipinski definition) is 1. The maximum atomic E-state index is 12.4. The predicted octanol–water partition coefficient (Wildman–Crippen LogP) is 3.90. The molecular weight excluding hydrogens is 396 g/mol. The lowest BCUT2D eigenvalue weighted by Crippen LogP contribution is -2.16. The zero-order valence-corrected chi connectivity index (χ0v) is 16.6. The van der Waals surface area contributed by atoms with Crippen molar-refractivity contribution >= 4 is 46.0 Å². The highest BCUT2D eigenvalue weighted by atomic mass is 32.1. The van der Waals surface area contributed by atoms with Crippen LogP contribution in [0.2, 0.25) is 0 Å². The van der Waals surface area contributed by atoms with Gasteiger partial charge in [-0.2, -0.15) is 11.3 Å². The van der Waals surface area contributed by atoms with Crippen molar-refractivity contribution < 1.29 is 19.1 Å². The normalized spacial score (nSPS) is 15.2. The molecule has 2 aromatic heterocycles. The van der Waals surface area contributed by atoms with E-state index in [-0.39, 0.29) is 30.6 Å². The Labute approximate surface area is 169 Å². The zero-order valence-electron chi connectivity index (χ0n) is 14.9. The smallest absolute Gasteiger partial charge is 0.312 e. The van der Waals surface area contributed by atoms with E-state index >= 15 is 0 Å². The van der Waals surface area contributed by atoms with Crippen molar-refractivity contribution in [3.8, 4) is 10.6 Å². The molecule has 0 fully saturated rings. The Morgan fingerprint density at radius 1 is 1.25 bits per heavy atom. The van der Waals surface area contributed by atoms with Gasteiger partial charge in [0.1, 0.15) is 5.01 Å². The highest BCUT2D eigenvalue weighted by molar-refractivity contribution is 7.14. The summed E-state index contributed by atoms with van der Waals surface area (Å²) in [5, 5.41) is 9.41. The number of ether oxygens (including phenoxy) is 1. The van der Waals surface area contributed by atoms with Crippen molar-refractivity contribution in [3.63, 3.8) is 0 Å². The predicted molar refractivity (Wildman–Crippen MR) is 108 cm³/mol. The molecule has 0 saturated carbocycles. The van der Waals surface area contributed by atoms with Gasteiger partial charge in [0.15, 0.2) is 12.4 Å². The maximum absolute atomic E-state index is 12.4. The van der Waals surface area contributed by atoms with Crippen LogP contribution < -0.4 is 5.32 Å². The van der Waals surface area contributed by atoms with Crippen LogP contribution in [0.25, 0.3) is 10.6 Å². The first kappa shape index (κ1) is 18.5. The number of Topliss-reactive ketones (excluding diaryl/α,β-unsaturated/α-hetero) is 1. The third-order valence-corrected chi connectivity index (χ3v) is 6.12. The molecule has 3 aromatic rings. The number of nitrogens with one attached hydrogen (secondary N) is 1. The molecule has 0 bridgehead atoms. The molecule has 0 saturated heterocycles. The van der Waals surface area contributed by atoms with E-state index in [2.05, 4.69) is 10.3 Å². The highest BCUT2D eigenvalue weighted by Crippen LogP contribution is 2.32. The van der Waals surface area contributed by atoms with Gasteiger partial charge < -0.3 is 10.1 Å². The highest BCUT2D eigenvalue weighted by Gasteiger charge is 2.27. The van der Waals surface area contributed by atoms with Crippen molar-refractivity contribution in [2.75, 3.05) is 11.9 Å². The first-order valence-corrected chi connectivity index (χ1v) is 10.4. The van der Waals surface area contributed by atoms with E-state index in [9.17, 15) is 14.4 Å². The number of fused-ring (bicyclic) bond motifs is 1. The van der Waals surface area contributed by atoms with Gasteiger partial charge in [0, 0.05) is 27.6 Å². The molecule has 1 aromatic carbocycles. The van der Waals surface area contributed by atoms with E-state index in [1.807, 2.05) is 22.2 Å². The zero-order chi connectivity index (χ0) is 19.7. The summed E-state index contributed by atoms with van der Waals surface area (Å²) in [6.45, 7) is 1.45. The number of carbonyl (C=O) groups excluding carboxylic acids is 3. The molecule has 0 radical (unpaired) electrons. The Kier molecular flexibility index (Phi) is 5.06. The average Bonchev–Trinajstić information content (AvgIpc) is 3.41. The van der Waals surface area contributed by atoms with Crippen molar-refractivity contribution in [1.29, 1.82) is 0 Å². The SMILES string of the molecule is C[C@@H]1C(=O)Nc2ccc(C(=O)COC(=O)Cc3csc(-c4ccsc4)n3)cc21. The summed E-state index contributed by atoms with van der Waals surface area (Å²) < 4.78 is 5.13. The number of aromatic nitrogens is 1. The Hall–Kier alpha value is -2.84. The lowest BCUT2D eigenvalue weighted by atomic mass is 9.99. The molecular formula is C20H16N2O4S2. The number of anilines is 1. The van der Waals surface area contributed by atoms with E-state index in [0.717, 1.165) is 21.8 Å². The second-order valence-corrected chi connectivity index (χ2v) is 8.07. The van der Waals surface area contributed by atoms with Crippen molar-refractivity contribution in [2.45, 2.75) is 19.3 Å². The van der Waals surface area contributed by atoms with Crippen LogP contribution >= 0.6 is 22.7 Å². The number of rotatable bonds is 6. The fraction of sp³-hybridized carbons (Fsp3) is 0.200. The second-order valence-electron chi connectivity index (χ2n) is 6.43. The van der Waals surface area contributed by atoms with Gasteiger partial charge in [0.25, 0.3) is 0 Å². The summed E-state index contributed by atoms with van der Waals surface area (Å²) in [4.78, 5) is 40.6. The van der Waals surface area contributed by atoms with Crippen molar-refractivity contribution in [2.24, 2.45) is 0 Å². The van der Waals surface area contributed by atoms with Crippen LogP contribution in [-0.4, -0.2) is 29.3 Å². The van der Waals surface area contributed by atoms with Crippen LogP contribution in [0.15, 0.2) is 40.4 Å². The van der Waals surface area contributed by atoms with Gasteiger partial charge in [-0.15, -0.1) is 11.3 Å². The van der Waals surface area contributed by atoms with Gasteiger partial charge in [-0.05, 0) is 42.1 Å². The van der Waals surface area contributed by atoms with Gasteiger partial charge in [0.05, 0.1) is 18.0 Å². The number of thiophene rings is 1. The molecule has 6 nitrogen and oxygen atoms in total. The molecule has 4 rings (SSSR count). The standard InChI is InChI=1S/C20H16N2O4S2/c1-11-15-6-12(2-3-16(15)22-19(11)25)17(23)8-26-18(24)7-14-10-28-20(21-14)13-4-5-27-9-13/h2-6,9-11H,7-8H2,1H3,(H,22,25)/t11-/m0/s1. The number of benzene rings is 1. The summed E-state index contributed by atoms with van der Waals surface area (Å²) in [6, 6.07) is 6.99. The average molecular weight is 412 g/mol. The van der Waals surface area contributed by atoms with E-state index < -0.39 is 5.97 Å². The summed E-state index contributed by atoms with van der Waals surface area (Å²) in [6.07, 6.45) is 0.0214. The molecule has 1 amide bonds. The fourth-order valence-corrected chi connectivity index (χ4v) is 4.46. The van der Waals surface area contributed by atoms with Crippen LogP contribution in [0, 0.1) is 0 Å². The number of carbonyl (C=O) groups is 3. The first-order valence-electron chi connectivity index (χ1n) is 8.62. The molecule has 1 N–H and O–H groups in total. The number of amides is 1. The number of esters is 1.